The van der Waals surface area contributed by atoms with Crippen molar-refractivity contribution in [2.75, 3.05) is 5.32 Å². The van der Waals surface area contributed by atoms with E-state index in [0.29, 0.717) is 12.8 Å². The molecule has 0 aliphatic heterocycles. The molecule has 0 amide bonds. The Balaban J connectivity index is 2.28. The van der Waals surface area contributed by atoms with Crippen LogP contribution in [0.4, 0.5) is 5.69 Å². The molecule has 1 aliphatic carbocycles. The number of carbonyl (C=O) groups is 1. The van der Waals surface area contributed by atoms with Gasteiger partial charge in [-0.05, 0) is 55.7 Å². The van der Waals surface area contributed by atoms with E-state index in [1.54, 1.807) is 0 Å². The number of rotatable bonds is 3. The molecule has 0 heterocycles. The van der Waals surface area contributed by atoms with Crippen LogP contribution < -0.4 is 5.32 Å². The van der Waals surface area contributed by atoms with Gasteiger partial charge >= 0.3 is 5.97 Å². The number of benzene rings is 1. The van der Waals surface area contributed by atoms with Crippen molar-refractivity contribution in [3.63, 3.8) is 0 Å². The maximum Gasteiger partial charge on any atom is 0.329 e. The number of hydrogen-bond donors (Lipinski definition) is 2. The van der Waals surface area contributed by atoms with Gasteiger partial charge in [0.1, 0.15) is 5.54 Å². The largest absolute Gasteiger partial charge is 0.480 e. The maximum atomic E-state index is 11.8. The normalized spacial score (nSPS) is 25.8. The van der Waals surface area contributed by atoms with Crippen molar-refractivity contribution in [1.29, 1.82) is 0 Å². The lowest BCUT2D eigenvalue weighted by Crippen LogP contribution is -2.51. The minimum absolute atomic E-state index is 0.0769. The van der Waals surface area contributed by atoms with Gasteiger partial charge in [-0.25, -0.2) is 4.79 Å². The van der Waals surface area contributed by atoms with E-state index in [0.717, 1.165) is 24.1 Å². The van der Waals surface area contributed by atoms with Crippen LogP contribution >= 0.6 is 0 Å². The molecule has 2 N–H and O–H groups in total. The van der Waals surface area contributed by atoms with Crippen molar-refractivity contribution >= 4 is 11.7 Å². The fourth-order valence-corrected chi connectivity index (χ4v) is 3.20. The van der Waals surface area contributed by atoms with E-state index in [1.807, 2.05) is 31.2 Å². The highest BCUT2D eigenvalue weighted by Crippen LogP contribution is 2.42. The number of aliphatic carboxylic acids is 1. The fraction of sp³-hybridized carbons (Fsp3) is 0.562. The standard InChI is InChI=1S/C16H23NO2/c1-12-6-4-7-13(10-12)17-16(14(18)19)9-5-8-15(2,3)11-16/h4,6-7,10,17H,5,8-9,11H2,1-3H3,(H,18,19). The smallest absolute Gasteiger partial charge is 0.329 e. The highest BCUT2D eigenvalue weighted by atomic mass is 16.4. The van der Waals surface area contributed by atoms with Crippen molar-refractivity contribution in [3.8, 4) is 0 Å². The first kappa shape index (κ1) is 13.9. The first-order valence-corrected chi connectivity index (χ1v) is 6.91. The minimum atomic E-state index is -0.824. The molecule has 0 spiro atoms. The zero-order valence-electron chi connectivity index (χ0n) is 12.0. The predicted molar refractivity (Wildman–Crippen MR) is 77.4 cm³/mol. The molecule has 3 heteroatoms. The van der Waals surface area contributed by atoms with E-state index in [-0.39, 0.29) is 5.41 Å². The molecule has 104 valence electrons. The van der Waals surface area contributed by atoms with E-state index >= 15 is 0 Å². The van der Waals surface area contributed by atoms with E-state index in [2.05, 4.69) is 19.2 Å². The number of carboxylic acids is 1. The molecule has 1 atom stereocenters. The van der Waals surface area contributed by atoms with E-state index in [9.17, 15) is 9.90 Å². The Hall–Kier alpha value is -1.51. The monoisotopic (exact) mass is 261 g/mol. The lowest BCUT2D eigenvalue weighted by atomic mass is 9.68. The second-order valence-corrected chi connectivity index (χ2v) is 6.58. The Morgan fingerprint density at radius 3 is 2.63 bits per heavy atom. The van der Waals surface area contributed by atoms with Crippen molar-refractivity contribution in [1.82, 2.24) is 0 Å². The van der Waals surface area contributed by atoms with Gasteiger partial charge in [-0.15, -0.1) is 0 Å². The molecule has 2 rings (SSSR count). The van der Waals surface area contributed by atoms with Crippen LogP contribution in [0.15, 0.2) is 24.3 Å². The molecule has 1 aromatic rings. The molecule has 0 saturated heterocycles. The van der Waals surface area contributed by atoms with E-state index < -0.39 is 11.5 Å². The molecule has 1 aliphatic rings. The quantitative estimate of drug-likeness (QED) is 0.869. The summed E-state index contributed by atoms with van der Waals surface area (Å²) in [5.41, 5.74) is 1.30. The average Bonchev–Trinajstić information content (AvgIpc) is 2.27. The molecule has 0 bridgehead atoms. The Labute approximate surface area is 115 Å². The summed E-state index contributed by atoms with van der Waals surface area (Å²) in [6.07, 6.45) is 3.42. The molecule has 3 nitrogen and oxygen atoms in total. The number of hydrogen-bond acceptors (Lipinski definition) is 2. The Morgan fingerprint density at radius 2 is 2.05 bits per heavy atom. The van der Waals surface area contributed by atoms with Gasteiger partial charge in [0.05, 0.1) is 0 Å². The number of carboxylic acid groups (broad SMARTS) is 1. The van der Waals surface area contributed by atoms with Gasteiger partial charge in [0, 0.05) is 5.69 Å². The second-order valence-electron chi connectivity index (χ2n) is 6.58. The van der Waals surface area contributed by atoms with E-state index in [4.69, 9.17) is 0 Å². The molecular formula is C16H23NO2. The van der Waals surface area contributed by atoms with Gasteiger partial charge in [0.25, 0.3) is 0 Å². The Bertz CT molecular complexity index is 481. The molecule has 1 fully saturated rings. The van der Waals surface area contributed by atoms with Crippen LogP contribution in [0.25, 0.3) is 0 Å². The van der Waals surface area contributed by atoms with Crippen LogP contribution in [0.5, 0.6) is 0 Å². The lowest BCUT2D eigenvalue weighted by molar-refractivity contribution is -0.145. The van der Waals surface area contributed by atoms with E-state index in [1.165, 1.54) is 0 Å². The van der Waals surface area contributed by atoms with Gasteiger partial charge in [-0.1, -0.05) is 26.0 Å². The number of aryl methyl sites for hydroxylation is 1. The molecule has 1 unspecified atom stereocenters. The first-order valence-electron chi connectivity index (χ1n) is 6.91. The first-order chi connectivity index (χ1) is 8.83. The highest BCUT2D eigenvalue weighted by molar-refractivity contribution is 5.83. The third kappa shape index (κ3) is 3.09. The minimum Gasteiger partial charge on any atom is -0.480 e. The van der Waals surface area contributed by atoms with Crippen molar-refractivity contribution in [3.05, 3.63) is 29.8 Å². The predicted octanol–water partition coefficient (Wildman–Crippen LogP) is 3.83. The SMILES string of the molecule is Cc1cccc(NC2(C(=O)O)CCCC(C)(C)C2)c1. The second kappa shape index (κ2) is 4.87. The van der Waals surface area contributed by atoms with Crippen LogP contribution in [0.1, 0.15) is 45.1 Å². The number of anilines is 1. The topological polar surface area (TPSA) is 49.3 Å². The summed E-state index contributed by atoms with van der Waals surface area (Å²) in [7, 11) is 0. The van der Waals surface area contributed by atoms with Crippen molar-refractivity contribution < 1.29 is 9.90 Å². The summed E-state index contributed by atoms with van der Waals surface area (Å²) < 4.78 is 0. The van der Waals surface area contributed by atoms with Gasteiger partial charge in [0.2, 0.25) is 0 Å². The van der Waals surface area contributed by atoms with Crippen LogP contribution in [0, 0.1) is 12.3 Å². The summed E-state index contributed by atoms with van der Waals surface area (Å²) in [5.74, 6) is -0.734. The lowest BCUT2D eigenvalue weighted by Gasteiger charge is -2.43. The van der Waals surface area contributed by atoms with Crippen LogP contribution in [-0.4, -0.2) is 16.6 Å². The summed E-state index contributed by atoms with van der Waals surface area (Å²) in [6.45, 7) is 6.33. The van der Waals surface area contributed by atoms with Crippen LogP contribution in [-0.2, 0) is 4.79 Å². The molecule has 1 saturated carbocycles. The molecular weight excluding hydrogens is 238 g/mol. The van der Waals surface area contributed by atoms with Crippen molar-refractivity contribution in [2.24, 2.45) is 5.41 Å². The molecule has 19 heavy (non-hydrogen) atoms. The summed E-state index contributed by atoms with van der Waals surface area (Å²) >= 11 is 0. The molecule has 0 radical (unpaired) electrons. The highest BCUT2D eigenvalue weighted by Gasteiger charge is 2.45. The average molecular weight is 261 g/mol. The molecule has 0 aromatic heterocycles. The maximum absolute atomic E-state index is 11.8. The summed E-state index contributed by atoms with van der Waals surface area (Å²) in [6, 6.07) is 7.93. The van der Waals surface area contributed by atoms with Crippen molar-refractivity contribution in [2.45, 2.75) is 52.0 Å². The van der Waals surface area contributed by atoms with Crippen LogP contribution in [0.2, 0.25) is 0 Å². The van der Waals surface area contributed by atoms with Gasteiger partial charge < -0.3 is 10.4 Å². The number of nitrogens with one attached hydrogen (secondary N) is 1. The van der Waals surface area contributed by atoms with Gasteiger partial charge in [-0.2, -0.15) is 0 Å². The Kier molecular flexibility index (Phi) is 3.57. The summed E-state index contributed by atoms with van der Waals surface area (Å²) in [4.78, 5) is 11.8. The third-order valence-electron chi connectivity index (χ3n) is 4.05. The zero-order chi connectivity index (χ0) is 14.1. The molecule has 1 aromatic carbocycles. The Morgan fingerprint density at radius 1 is 1.32 bits per heavy atom. The fourth-order valence-electron chi connectivity index (χ4n) is 3.20. The summed E-state index contributed by atoms with van der Waals surface area (Å²) in [5, 5.41) is 13.0. The van der Waals surface area contributed by atoms with Crippen LogP contribution in [0.3, 0.4) is 0 Å². The third-order valence-corrected chi connectivity index (χ3v) is 4.05. The van der Waals surface area contributed by atoms with Gasteiger partial charge in [-0.3, -0.25) is 0 Å². The van der Waals surface area contributed by atoms with Gasteiger partial charge in [0.15, 0.2) is 0 Å². The zero-order valence-corrected chi connectivity index (χ0v) is 12.0.